The van der Waals surface area contributed by atoms with E-state index < -0.39 is 10.0 Å². The molecule has 25 heavy (non-hydrogen) atoms. The van der Waals surface area contributed by atoms with Gasteiger partial charge in [0, 0.05) is 18.7 Å². The van der Waals surface area contributed by atoms with Crippen LogP contribution in [-0.2, 0) is 16.6 Å². The van der Waals surface area contributed by atoms with E-state index in [-0.39, 0.29) is 17.3 Å². The first kappa shape index (κ1) is 19.1. The molecule has 2 rings (SSSR count). The van der Waals surface area contributed by atoms with E-state index in [1.54, 1.807) is 12.1 Å². The molecule has 0 aromatic heterocycles. The minimum atomic E-state index is -3.68. The highest BCUT2D eigenvalue weighted by molar-refractivity contribution is 7.89. The largest absolute Gasteiger partial charge is 0.352 e. The van der Waals surface area contributed by atoms with Crippen LogP contribution in [0, 0.1) is 5.92 Å². The Morgan fingerprint density at radius 3 is 2.44 bits per heavy atom. The normalized spacial score (nSPS) is 11.5. The SMILES string of the molecule is CC(C)CCNC(=O)c1cccc(S(=O)(=O)NCc2ccccc2)c1. The predicted octanol–water partition coefficient (Wildman–Crippen LogP) is 2.94. The van der Waals surface area contributed by atoms with Crippen molar-refractivity contribution < 1.29 is 13.2 Å². The van der Waals surface area contributed by atoms with Crippen molar-refractivity contribution in [1.29, 1.82) is 0 Å². The van der Waals surface area contributed by atoms with Gasteiger partial charge in [-0.25, -0.2) is 13.1 Å². The van der Waals surface area contributed by atoms with Gasteiger partial charge in [-0.05, 0) is 36.1 Å². The molecule has 5 nitrogen and oxygen atoms in total. The van der Waals surface area contributed by atoms with Crippen LogP contribution in [0.25, 0.3) is 0 Å². The molecule has 0 aliphatic heterocycles. The zero-order chi connectivity index (χ0) is 18.3. The monoisotopic (exact) mass is 360 g/mol. The van der Waals surface area contributed by atoms with Crippen LogP contribution in [0.3, 0.4) is 0 Å². The molecule has 0 heterocycles. The van der Waals surface area contributed by atoms with Crippen LogP contribution in [0.5, 0.6) is 0 Å². The predicted molar refractivity (Wildman–Crippen MR) is 98.7 cm³/mol. The molecule has 0 aliphatic rings. The van der Waals surface area contributed by atoms with Crippen molar-refractivity contribution in [2.75, 3.05) is 6.54 Å². The van der Waals surface area contributed by atoms with Gasteiger partial charge in [0.25, 0.3) is 5.91 Å². The van der Waals surface area contributed by atoms with Crippen molar-refractivity contribution in [3.63, 3.8) is 0 Å². The van der Waals surface area contributed by atoms with Crippen LogP contribution in [0.1, 0.15) is 36.2 Å². The van der Waals surface area contributed by atoms with Crippen molar-refractivity contribution in [2.24, 2.45) is 5.92 Å². The van der Waals surface area contributed by atoms with Gasteiger partial charge in [0.1, 0.15) is 0 Å². The summed E-state index contributed by atoms with van der Waals surface area (Å²) in [6.45, 7) is 4.93. The van der Waals surface area contributed by atoms with Crippen molar-refractivity contribution in [1.82, 2.24) is 10.0 Å². The molecule has 1 amide bonds. The second-order valence-corrected chi connectivity index (χ2v) is 8.04. The molecule has 134 valence electrons. The maximum Gasteiger partial charge on any atom is 0.251 e. The highest BCUT2D eigenvalue weighted by atomic mass is 32.2. The molecule has 0 saturated heterocycles. The van der Waals surface area contributed by atoms with E-state index in [1.807, 2.05) is 30.3 Å². The molecule has 0 radical (unpaired) electrons. The van der Waals surface area contributed by atoms with Crippen LogP contribution in [0.2, 0.25) is 0 Å². The van der Waals surface area contributed by atoms with Gasteiger partial charge in [-0.2, -0.15) is 0 Å². The fourth-order valence-corrected chi connectivity index (χ4v) is 3.30. The van der Waals surface area contributed by atoms with Gasteiger partial charge in [0.2, 0.25) is 10.0 Å². The molecule has 0 aliphatic carbocycles. The van der Waals surface area contributed by atoms with E-state index in [0.717, 1.165) is 12.0 Å². The van der Waals surface area contributed by atoms with Gasteiger partial charge in [-0.15, -0.1) is 0 Å². The molecule has 0 fully saturated rings. The molecule has 0 saturated carbocycles. The van der Waals surface area contributed by atoms with Crippen molar-refractivity contribution in [3.8, 4) is 0 Å². The van der Waals surface area contributed by atoms with E-state index in [2.05, 4.69) is 23.9 Å². The van der Waals surface area contributed by atoms with Crippen molar-refractivity contribution >= 4 is 15.9 Å². The van der Waals surface area contributed by atoms with Crippen molar-refractivity contribution in [3.05, 3.63) is 65.7 Å². The summed E-state index contributed by atoms with van der Waals surface area (Å²) >= 11 is 0. The molecule has 2 aromatic carbocycles. The third kappa shape index (κ3) is 5.99. The standard InChI is InChI=1S/C19H24N2O3S/c1-15(2)11-12-20-19(22)17-9-6-10-18(13-17)25(23,24)21-14-16-7-4-3-5-8-16/h3-10,13,15,21H,11-12,14H2,1-2H3,(H,20,22). The van der Waals surface area contributed by atoms with E-state index >= 15 is 0 Å². The van der Waals surface area contributed by atoms with Gasteiger partial charge in [0.15, 0.2) is 0 Å². The van der Waals surface area contributed by atoms with E-state index in [9.17, 15) is 13.2 Å². The Hall–Kier alpha value is -2.18. The van der Waals surface area contributed by atoms with Crippen LogP contribution >= 0.6 is 0 Å². The van der Waals surface area contributed by atoms with Crippen molar-refractivity contribution in [2.45, 2.75) is 31.7 Å². The summed E-state index contributed by atoms with van der Waals surface area (Å²) in [5, 5.41) is 2.81. The number of hydrogen-bond acceptors (Lipinski definition) is 3. The van der Waals surface area contributed by atoms with Gasteiger partial charge in [-0.1, -0.05) is 50.2 Å². The first-order valence-electron chi connectivity index (χ1n) is 8.30. The fraction of sp³-hybridized carbons (Fsp3) is 0.316. The number of benzene rings is 2. The summed E-state index contributed by atoms with van der Waals surface area (Å²) in [6, 6.07) is 15.4. The number of nitrogens with one attached hydrogen (secondary N) is 2. The fourth-order valence-electron chi connectivity index (χ4n) is 2.24. The number of amides is 1. The number of carbonyl (C=O) groups is 1. The van der Waals surface area contributed by atoms with Crippen LogP contribution in [-0.4, -0.2) is 20.9 Å². The Kier molecular flexibility index (Phi) is 6.73. The van der Waals surface area contributed by atoms with Gasteiger partial charge < -0.3 is 5.32 Å². The molecule has 0 unspecified atom stereocenters. The highest BCUT2D eigenvalue weighted by Crippen LogP contribution is 2.12. The summed E-state index contributed by atoms with van der Waals surface area (Å²) in [5.41, 5.74) is 1.21. The Morgan fingerprint density at radius 1 is 1.04 bits per heavy atom. The molecule has 2 N–H and O–H groups in total. The summed E-state index contributed by atoms with van der Waals surface area (Å²) in [6.07, 6.45) is 0.877. The summed E-state index contributed by atoms with van der Waals surface area (Å²) in [7, 11) is -3.68. The van der Waals surface area contributed by atoms with Crippen LogP contribution in [0.15, 0.2) is 59.5 Å². The van der Waals surface area contributed by atoms with E-state index in [1.165, 1.54) is 12.1 Å². The second-order valence-electron chi connectivity index (χ2n) is 6.28. The summed E-state index contributed by atoms with van der Waals surface area (Å²) in [4.78, 5) is 12.2. The lowest BCUT2D eigenvalue weighted by Crippen LogP contribution is -2.26. The first-order chi connectivity index (χ1) is 11.9. The minimum Gasteiger partial charge on any atom is -0.352 e. The average Bonchev–Trinajstić information content (AvgIpc) is 2.61. The molecule has 0 spiro atoms. The molecule has 2 aromatic rings. The number of rotatable bonds is 8. The van der Waals surface area contributed by atoms with Gasteiger partial charge in [-0.3, -0.25) is 4.79 Å². The molecule has 0 atom stereocenters. The average molecular weight is 360 g/mol. The Morgan fingerprint density at radius 2 is 1.76 bits per heavy atom. The number of carbonyl (C=O) groups excluding carboxylic acids is 1. The Balaban J connectivity index is 2.04. The van der Waals surface area contributed by atoms with Crippen LogP contribution < -0.4 is 10.0 Å². The van der Waals surface area contributed by atoms with Gasteiger partial charge in [0.05, 0.1) is 4.90 Å². The number of hydrogen-bond donors (Lipinski definition) is 2. The van der Waals surface area contributed by atoms with Crippen LogP contribution in [0.4, 0.5) is 0 Å². The zero-order valence-corrected chi connectivity index (χ0v) is 15.3. The maximum absolute atomic E-state index is 12.4. The molecular weight excluding hydrogens is 336 g/mol. The van der Waals surface area contributed by atoms with Gasteiger partial charge >= 0.3 is 0 Å². The molecular formula is C19H24N2O3S. The minimum absolute atomic E-state index is 0.0833. The van der Waals surface area contributed by atoms with E-state index in [4.69, 9.17) is 0 Å². The summed E-state index contributed by atoms with van der Waals surface area (Å²) in [5.74, 6) is 0.231. The Bertz CT molecular complexity index is 802. The number of sulfonamides is 1. The zero-order valence-electron chi connectivity index (χ0n) is 14.5. The lowest BCUT2D eigenvalue weighted by molar-refractivity contribution is 0.0952. The maximum atomic E-state index is 12.4. The third-order valence-electron chi connectivity index (χ3n) is 3.72. The highest BCUT2D eigenvalue weighted by Gasteiger charge is 2.16. The third-order valence-corrected chi connectivity index (χ3v) is 5.12. The summed E-state index contributed by atoms with van der Waals surface area (Å²) < 4.78 is 27.4. The smallest absolute Gasteiger partial charge is 0.251 e. The van der Waals surface area contributed by atoms with E-state index in [0.29, 0.717) is 18.0 Å². The molecule has 6 heteroatoms. The quantitative estimate of drug-likeness (QED) is 0.760. The first-order valence-corrected chi connectivity index (χ1v) is 9.78. The molecule has 0 bridgehead atoms. The lowest BCUT2D eigenvalue weighted by Gasteiger charge is -2.10. The topological polar surface area (TPSA) is 75.3 Å². The lowest BCUT2D eigenvalue weighted by atomic mass is 10.1. The Labute approximate surface area is 149 Å². The second kappa shape index (κ2) is 8.78.